The number of alkyl halides is 6. The molecule has 1 aliphatic heterocycles. The number of carbonyl (C=O) groups is 1. The smallest absolute Gasteiger partial charge is 0.433 e. The standard InChI is InChI=1S/C15H12F6N2O3/c1-2-25-12(24)11-7-23(13(26-11)15(19,20)21)9-4-3-8(6-22)10(5-9)14(16,17)18/h3-5,11,13H,2,7H2,1H3. The van der Waals surface area contributed by atoms with Crippen LogP contribution in [0, 0.1) is 11.3 Å². The summed E-state index contributed by atoms with van der Waals surface area (Å²) in [5.74, 6) is -1.05. The van der Waals surface area contributed by atoms with Crippen LogP contribution < -0.4 is 4.90 Å². The van der Waals surface area contributed by atoms with E-state index in [-0.39, 0.29) is 6.61 Å². The van der Waals surface area contributed by atoms with Crippen molar-refractivity contribution in [2.45, 2.75) is 31.6 Å². The molecule has 5 nitrogen and oxygen atoms in total. The first kappa shape index (κ1) is 19.8. The molecule has 2 unspecified atom stereocenters. The van der Waals surface area contributed by atoms with Crippen LogP contribution in [0.5, 0.6) is 0 Å². The van der Waals surface area contributed by atoms with Crippen molar-refractivity contribution in [3.05, 3.63) is 29.3 Å². The van der Waals surface area contributed by atoms with Gasteiger partial charge in [-0.15, -0.1) is 0 Å². The summed E-state index contributed by atoms with van der Waals surface area (Å²) in [4.78, 5) is 12.1. The first-order valence-electron chi connectivity index (χ1n) is 7.25. The minimum absolute atomic E-state index is 0.0928. The van der Waals surface area contributed by atoms with Crippen molar-refractivity contribution < 1.29 is 40.6 Å². The predicted molar refractivity (Wildman–Crippen MR) is 74.9 cm³/mol. The third-order valence-electron chi connectivity index (χ3n) is 3.53. The van der Waals surface area contributed by atoms with Gasteiger partial charge in [-0.25, -0.2) is 4.79 Å². The molecule has 1 aromatic carbocycles. The molecule has 1 heterocycles. The summed E-state index contributed by atoms with van der Waals surface area (Å²) in [5, 5.41) is 8.76. The lowest BCUT2D eigenvalue weighted by molar-refractivity contribution is -0.216. The summed E-state index contributed by atoms with van der Waals surface area (Å²) in [6, 6.07) is 3.46. The summed E-state index contributed by atoms with van der Waals surface area (Å²) < 4.78 is 88.0. The van der Waals surface area contributed by atoms with E-state index in [1.165, 1.54) is 13.0 Å². The minimum Gasteiger partial charge on any atom is -0.464 e. The van der Waals surface area contributed by atoms with Gasteiger partial charge < -0.3 is 14.4 Å². The molecule has 26 heavy (non-hydrogen) atoms. The summed E-state index contributed by atoms with van der Waals surface area (Å²) in [5.41, 5.74) is -2.59. The van der Waals surface area contributed by atoms with E-state index in [1.807, 2.05) is 0 Å². The van der Waals surface area contributed by atoms with Crippen molar-refractivity contribution in [1.82, 2.24) is 0 Å². The number of esters is 1. The molecule has 0 aromatic heterocycles. The highest BCUT2D eigenvalue weighted by atomic mass is 19.4. The van der Waals surface area contributed by atoms with Gasteiger partial charge in [-0.05, 0) is 25.1 Å². The van der Waals surface area contributed by atoms with Gasteiger partial charge in [0.2, 0.25) is 6.23 Å². The van der Waals surface area contributed by atoms with Gasteiger partial charge in [0.05, 0.1) is 30.3 Å². The number of carbonyl (C=O) groups excluding carboxylic acids is 1. The van der Waals surface area contributed by atoms with E-state index in [0.717, 1.165) is 12.1 Å². The number of halogens is 6. The summed E-state index contributed by atoms with van der Waals surface area (Å²) in [6.07, 6.45) is -14.1. The van der Waals surface area contributed by atoms with Crippen LogP contribution >= 0.6 is 0 Å². The SMILES string of the molecule is CCOC(=O)C1CN(c2ccc(C#N)c(C(F)(F)F)c2)C(C(F)(F)F)O1. The minimum atomic E-state index is -4.96. The first-order chi connectivity index (χ1) is 12.0. The van der Waals surface area contributed by atoms with Gasteiger partial charge >= 0.3 is 18.3 Å². The Hall–Kier alpha value is -2.48. The maximum absolute atomic E-state index is 13.2. The second-order valence-electron chi connectivity index (χ2n) is 5.26. The number of rotatable bonds is 3. The molecule has 0 spiro atoms. The third kappa shape index (κ3) is 4.01. The van der Waals surface area contributed by atoms with E-state index in [2.05, 4.69) is 9.47 Å². The van der Waals surface area contributed by atoms with Crippen molar-refractivity contribution in [3.63, 3.8) is 0 Å². The van der Waals surface area contributed by atoms with Gasteiger partial charge in [-0.3, -0.25) is 0 Å². The average molecular weight is 382 g/mol. The molecule has 0 bridgehead atoms. The maximum Gasteiger partial charge on any atom is 0.433 e. The van der Waals surface area contributed by atoms with E-state index in [1.54, 1.807) is 0 Å². The number of nitriles is 1. The molecule has 0 aliphatic carbocycles. The normalized spacial score (nSPS) is 20.8. The molecule has 1 saturated heterocycles. The van der Waals surface area contributed by atoms with Crippen molar-refractivity contribution in [1.29, 1.82) is 5.26 Å². The fraction of sp³-hybridized carbons (Fsp3) is 0.467. The van der Waals surface area contributed by atoms with E-state index < -0.39 is 54.0 Å². The summed E-state index contributed by atoms with van der Waals surface area (Å²) in [6.45, 7) is 0.707. The number of ether oxygens (including phenoxy) is 2. The van der Waals surface area contributed by atoms with E-state index in [0.29, 0.717) is 11.0 Å². The molecule has 0 saturated carbocycles. The van der Waals surface area contributed by atoms with Gasteiger partial charge in [-0.2, -0.15) is 31.6 Å². The van der Waals surface area contributed by atoms with E-state index >= 15 is 0 Å². The van der Waals surface area contributed by atoms with Crippen LogP contribution in [0.4, 0.5) is 32.0 Å². The summed E-state index contributed by atoms with van der Waals surface area (Å²) in [7, 11) is 0. The van der Waals surface area contributed by atoms with E-state index in [9.17, 15) is 31.1 Å². The Kier molecular flexibility index (Phi) is 5.36. The zero-order valence-electron chi connectivity index (χ0n) is 13.2. The monoisotopic (exact) mass is 382 g/mol. The van der Waals surface area contributed by atoms with Crippen LogP contribution in [0.1, 0.15) is 18.1 Å². The van der Waals surface area contributed by atoms with E-state index in [4.69, 9.17) is 5.26 Å². The number of benzene rings is 1. The Labute approximate surface area is 143 Å². The lowest BCUT2D eigenvalue weighted by Gasteiger charge is -2.27. The molecule has 1 aromatic rings. The van der Waals surface area contributed by atoms with Gasteiger partial charge in [-0.1, -0.05) is 0 Å². The topological polar surface area (TPSA) is 62.6 Å². The highest BCUT2D eigenvalue weighted by Crippen LogP contribution is 2.39. The van der Waals surface area contributed by atoms with Crippen LogP contribution in [0.25, 0.3) is 0 Å². The average Bonchev–Trinajstić information content (AvgIpc) is 2.99. The van der Waals surface area contributed by atoms with Gasteiger partial charge in [0.15, 0.2) is 6.10 Å². The van der Waals surface area contributed by atoms with Gasteiger partial charge in [0.25, 0.3) is 0 Å². The van der Waals surface area contributed by atoms with Gasteiger partial charge in [0, 0.05) is 5.69 Å². The number of hydrogen-bond donors (Lipinski definition) is 0. The molecule has 0 amide bonds. The van der Waals surface area contributed by atoms with Crippen LogP contribution in [0.2, 0.25) is 0 Å². The Balaban J connectivity index is 2.44. The maximum atomic E-state index is 13.2. The zero-order valence-corrected chi connectivity index (χ0v) is 13.2. The molecule has 0 N–H and O–H groups in total. The van der Waals surface area contributed by atoms with Crippen molar-refractivity contribution in [2.75, 3.05) is 18.1 Å². The molecule has 1 fully saturated rings. The van der Waals surface area contributed by atoms with Crippen LogP contribution in [-0.4, -0.2) is 37.6 Å². The Bertz CT molecular complexity index is 726. The molecule has 2 atom stereocenters. The first-order valence-corrected chi connectivity index (χ1v) is 7.25. The van der Waals surface area contributed by atoms with Crippen LogP contribution in [-0.2, 0) is 20.4 Å². The molecule has 0 radical (unpaired) electrons. The molecule has 2 rings (SSSR count). The lowest BCUT2D eigenvalue weighted by atomic mass is 10.1. The second kappa shape index (κ2) is 7.03. The molecule has 1 aliphatic rings. The number of hydrogen-bond acceptors (Lipinski definition) is 5. The highest BCUT2D eigenvalue weighted by molar-refractivity contribution is 5.76. The van der Waals surface area contributed by atoms with Gasteiger partial charge in [0.1, 0.15) is 0 Å². The largest absolute Gasteiger partial charge is 0.464 e. The fourth-order valence-electron chi connectivity index (χ4n) is 2.45. The highest BCUT2D eigenvalue weighted by Gasteiger charge is 2.53. The fourth-order valence-corrected chi connectivity index (χ4v) is 2.45. The predicted octanol–water partition coefficient (Wildman–Crippen LogP) is 3.23. The Morgan fingerprint density at radius 1 is 1.35 bits per heavy atom. The quantitative estimate of drug-likeness (QED) is 0.593. The molecule has 11 heteroatoms. The van der Waals surface area contributed by atoms with Crippen LogP contribution in [0.15, 0.2) is 18.2 Å². The molecular weight excluding hydrogens is 370 g/mol. The zero-order chi connectivity index (χ0) is 19.7. The second-order valence-corrected chi connectivity index (χ2v) is 5.26. The Morgan fingerprint density at radius 3 is 2.50 bits per heavy atom. The van der Waals surface area contributed by atoms with Crippen LogP contribution in [0.3, 0.4) is 0 Å². The third-order valence-corrected chi connectivity index (χ3v) is 3.53. The van der Waals surface area contributed by atoms with Crippen molar-refractivity contribution in [2.24, 2.45) is 0 Å². The molecule has 142 valence electrons. The number of nitrogens with zero attached hydrogens (tertiary/aromatic N) is 2. The van der Waals surface area contributed by atoms with Crippen molar-refractivity contribution >= 4 is 11.7 Å². The molecular formula is C15H12F6N2O3. The number of anilines is 1. The lowest BCUT2D eigenvalue weighted by Crippen LogP contribution is -2.42. The summed E-state index contributed by atoms with van der Waals surface area (Å²) >= 11 is 0. The van der Waals surface area contributed by atoms with Crippen molar-refractivity contribution in [3.8, 4) is 6.07 Å². The Morgan fingerprint density at radius 2 is 2.00 bits per heavy atom.